The molecule has 174 valence electrons. The number of amides is 1. The molecule has 1 N–H and O–H groups in total. The summed E-state index contributed by atoms with van der Waals surface area (Å²) in [4.78, 5) is 35.3. The number of hydrogen-bond donors (Lipinski definition) is 1. The normalized spacial score (nSPS) is 16.1. The number of H-pyrrole nitrogens is 1. The summed E-state index contributed by atoms with van der Waals surface area (Å²) in [5, 5.41) is 8.21. The summed E-state index contributed by atoms with van der Waals surface area (Å²) in [6.07, 6.45) is 1.65. The Morgan fingerprint density at radius 1 is 1.21 bits per heavy atom. The molecule has 0 radical (unpaired) electrons. The van der Waals surface area contributed by atoms with Gasteiger partial charge in [-0.05, 0) is 43.5 Å². The number of methoxy groups -OCH3 is 1. The third-order valence-corrected chi connectivity index (χ3v) is 6.26. The summed E-state index contributed by atoms with van der Waals surface area (Å²) in [5.41, 5.74) is 3.17. The molecule has 1 aliphatic heterocycles. The number of likely N-dealkylation sites (tertiary alicyclic amines) is 1. The van der Waals surface area contributed by atoms with Gasteiger partial charge in [0.25, 0.3) is 11.5 Å². The van der Waals surface area contributed by atoms with Crippen molar-refractivity contribution in [3.63, 3.8) is 0 Å². The lowest BCUT2D eigenvalue weighted by molar-refractivity contribution is 0.0704. The zero-order chi connectivity index (χ0) is 23.7. The molecule has 9 nitrogen and oxygen atoms in total. The molecule has 0 spiro atoms. The minimum atomic E-state index is -0.314. The van der Waals surface area contributed by atoms with Gasteiger partial charge in [0.2, 0.25) is 0 Å². The van der Waals surface area contributed by atoms with E-state index in [4.69, 9.17) is 9.72 Å². The molecule has 34 heavy (non-hydrogen) atoms. The molecule has 0 bridgehead atoms. The van der Waals surface area contributed by atoms with Crippen molar-refractivity contribution in [2.45, 2.75) is 32.2 Å². The Morgan fingerprint density at radius 2 is 2.03 bits per heavy atom. The van der Waals surface area contributed by atoms with Crippen LogP contribution in [0.5, 0.6) is 5.75 Å². The fourth-order valence-corrected chi connectivity index (χ4v) is 4.37. The molecule has 3 heterocycles. The Bertz CT molecular complexity index is 1390. The third kappa shape index (κ3) is 4.28. The highest BCUT2D eigenvalue weighted by atomic mass is 16.5. The first-order chi connectivity index (χ1) is 16.5. The van der Waals surface area contributed by atoms with Gasteiger partial charge in [0, 0.05) is 24.6 Å². The van der Waals surface area contributed by atoms with Crippen LogP contribution in [0.25, 0.3) is 11.2 Å². The van der Waals surface area contributed by atoms with Gasteiger partial charge in [-0.25, -0.2) is 9.67 Å². The van der Waals surface area contributed by atoms with Gasteiger partial charge in [0.05, 0.1) is 13.7 Å². The number of piperidine rings is 1. The second-order valence-electron chi connectivity index (χ2n) is 8.68. The van der Waals surface area contributed by atoms with Crippen LogP contribution < -0.4 is 10.3 Å². The molecular weight excluding hydrogens is 432 g/mol. The third-order valence-electron chi connectivity index (χ3n) is 6.26. The van der Waals surface area contributed by atoms with Gasteiger partial charge in [0.15, 0.2) is 11.2 Å². The van der Waals surface area contributed by atoms with E-state index in [0.717, 1.165) is 18.4 Å². The van der Waals surface area contributed by atoms with E-state index in [0.29, 0.717) is 42.4 Å². The minimum Gasteiger partial charge on any atom is -0.497 e. The van der Waals surface area contributed by atoms with Crippen molar-refractivity contribution in [3.8, 4) is 5.75 Å². The lowest BCUT2D eigenvalue weighted by Gasteiger charge is -2.32. The number of carbonyl (C=O) groups is 1. The minimum absolute atomic E-state index is 0.0573. The monoisotopic (exact) mass is 458 g/mol. The number of nitrogens with zero attached hydrogens (tertiary/aromatic N) is 5. The average Bonchev–Trinajstić information content (AvgIpc) is 3.28. The molecule has 4 aromatic rings. The Morgan fingerprint density at radius 3 is 2.82 bits per heavy atom. The van der Waals surface area contributed by atoms with Crippen LogP contribution in [-0.2, 0) is 6.54 Å². The predicted molar refractivity (Wildman–Crippen MR) is 127 cm³/mol. The van der Waals surface area contributed by atoms with Crippen LogP contribution in [0, 0.1) is 6.92 Å². The van der Waals surface area contributed by atoms with Crippen molar-refractivity contribution >= 4 is 17.1 Å². The summed E-state index contributed by atoms with van der Waals surface area (Å²) in [7, 11) is 1.58. The highest BCUT2D eigenvalue weighted by Gasteiger charge is 2.28. The van der Waals surface area contributed by atoms with Crippen LogP contribution in [-0.4, -0.2) is 56.0 Å². The number of aromatic nitrogens is 5. The van der Waals surface area contributed by atoms with Crippen molar-refractivity contribution in [1.29, 1.82) is 0 Å². The van der Waals surface area contributed by atoms with Gasteiger partial charge in [0.1, 0.15) is 11.6 Å². The number of hydrogen-bond acceptors (Lipinski definition) is 6. The maximum atomic E-state index is 13.1. The smallest absolute Gasteiger partial charge is 0.281 e. The summed E-state index contributed by atoms with van der Waals surface area (Å²) >= 11 is 0. The van der Waals surface area contributed by atoms with Crippen LogP contribution in [0.1, 0.15) is 46.1 Å². The van der Waals surface area contributed by atoms with Crippen LogP contribution in [0.3, 0.4) is 0 Å². The fraction of sp³-hybridized carbons (Fsp3) is 0.320. The first kappa shape index (κ1) is 21.8. The molecule has 0 aliphatic carbocycles. The van der Waals surface area contributed by atoms with Gasteiger partial charge >= 0.3 is 0 Å². The summed E-state index contributed by atoms with van der Waals surface area (Å²) < 4.78 is 6.91. The van der Waals surface area contributed by atoms with E-state index in [1.807, 2.05) is 48.2 Å². The standard InChI is InChI=1S/C25H26N6O3/c1-16-8-10-17(11-9-16)14-31-23-21(28-29-31)24(32)27-22(26-23)19-6-4-12-30(15-19)25(33)18-5-3-7-20(13-18)34-2/h3,5,7-11,13,19H,4,6,12,14-15H2,1-2H3,(H,26,27,32). The zero-order valence-electron chi connectivity index (χ0n) is 19.2. The number of nitrogens with one attached hydrogen (secondary N) is 1. The van der Waals surface area contributed by atoms with Crippen molar-refractivity contribution in [3.05, 3.63) is 81.4 Å². The first-order valence-corrected chi connectivity index (χ1v) is 11.3. The van der Waals surface area contributed by atoms with Gasteiger partial charge in [-0.2, -0.15) is 0 Å². The van der Waals surface area contributed by atoms with E-state index in [9.17, 15) is 9.59 Å². The lowest BCUT2D eigenvalue weighted by Crippen LogP contribution is -2.40. The van der Waals surface area contributed by atoms with Gasteiger partial charge in [-0.15, -0.1) is 5.10 Å². The molecule has 1 atom stereocenters. The first-order valence-electron chi connectivity index (χ1n) is 11.3. The second-order valence-corrected chi connectivity index (χ2v) is 8.68. The molecule has 2 aromatic heterocycles. The van der Waals surface area contributed by atoms with E-state index in [1.165, 1.54) is 5.56 Å². The SMILES string of the molecule is COc1cccc(C(=O)N2CCCC(c3nc4c(nnn4Cc4ccc(C)cc4)c(=O)[nH]3)C2)c1. The summed E-state index contributed by atoms with van der Waals surface area (Å²) in [5.74, 6) is 1.07. The molecule has 0 saturated carbocycles. The fourth-order valence-electron chi connectivity index (χ4n) is 4.37. The summed E-state index contributed by atoms with van der Waals surface area (Å²) in [6, 6.07) is 15.3. The number of aryl methyl sites for hydroxylation is 1. The topological polar surface area (TPSA) is 106 Å². The molecule has 1 fully saturated rings. The van der Waals surface area contributed by atoms with E-state index >= 15 is 0 Å². The van der Waals surface area contributed by atoms with Crippen LogP contribution in [0.2, 0.25) is 0 Å². The number of carbonyl (C=O) groups excluding carboxylic acids is 1. The summed E-state index contributed by atoms with van der Waals surface area (Å²) in [6.45, 7) is 3.64. The number of fused-ring (bicyclic) bond motifs is 1. The van der Waals surface area contributed by atoms with Crippen LogP contribution in [0.4, 0.5) is 0 Å². The Hall–Kier alpha value is -4.01. The molecule has 2 aromatic carbocycles. The Kier molecular flexibility index (Phi) is 5.83. The quantitative estimate of drug-likeness (QED) is 0.493. The van der Waals surface area contributed by atoms with Gasteiger partial charge in [-0.3, -0.25) is 9.59 Å². The van der Waals surface area contributed by atoms with Crippen molar-refractivity contribution in [1.82, 2.24) is 29.9 Å². The number of aromatic amines is 1. The maximum Gasteiger partial charge on any atom is 0.281 e. The van der Waals surface area contributed by atoms with Crippen molar-refractivity contribution in [2.75, 3.05) is 20.2 Å². The Balaban J connectivity index is 1.41. The van der Waals surface area contributed by atoms with E-state index < -0.39 is 0 Å². The van der Waals surface area contributed by atoms with E-state index in [2.05, 4.69) is 15.3 Å². The largest absolute Gasteiger partial charge is 0.497 e. The van der Waals surface area contributed by atoms with E-state index in [-0.39, 0.29) is 22.9 Å². The van der Waals surface area contributed by atoms with Gasteiger partial charge in [-0.1, -0.05) is 41.1 Å². The Labute approximate surface area is 196 Å². The zero-order valence-corrected chi connectivity index (χ0v) is 19.2. The highest BCUT2D eigenvalue weighted by molar-refractivity contribution is 5.94. The number of rotatable bonds is 5. The lowest BCUT2D eigenvalue weighted by atomic mass is 9.96. The number of benzene rings is 2. The predicted octanol–water partition coefficient (Wildman–Crippen LogP) is 2.90. The molecule has 1 unspecified atom stereocenters. The number of ether oxygens (including phenoxy) is 1. The molecule has 5 rings (SSSR count). The van der Waals surface area contributed by atoms with Crippen LogP contribution >= 0.6 is 0 Å². The van der Waals surface area contributed by atoms with Gasteiger partial charge < -0.3 is 14.6 Å². The average molecular weight is 459 g/mol. The molecule has 1 aliphatic rings. The van der Waals surface area contributed by atoms with Crippen molar-refractivity contribution in [2.24, 2.45) is 0 Å². The molecular formula is C25H26N6O3. The van der Waals surface area contributed by atoms with Crippen molar-refractivity contribution < 1.29 is 9.53 Å². The highest BCUT2D eigenvalue weighted by Crippen LogP contribution is 2.26. The molecule has 1 amide bonds. The van der Waals surface area contributed by atoms with Crippen LogP contribution in [0.15, 0.2) is 53.3 Å². The maximum absolute atomic E-state index is 13.1. The van der Waals surface area contributed by atoms with E-state index in [1.54, 1.807) is 23.9 Å². The second kappa shape index (κ2) is 9.09. The molecule has 1 saturated heterocycles. The molecule has 9 heteroatoms.